The minimum atomic E-state index is -0.304. The van der Waals surface area contributed by atoms with Gasteiger partial charge < -0.3 is 14.2 Å². The Hall–Kier alpha value is -0.770. The van der Waals surface area contributed by atoms with Gasteiger partial charge in [-0.2, -0.15) is 0 Å². The van der Waals surface area contributed by atoms with Crippen LogP contribution in [0.15, 0.2) is 18.2 Å². The van der Waals surface area contributed by atoms with Crippen LogP contribution >= 0.6 is 11.6 Å². The first-order valence-electron chi connectivity index (χ1n) is 11.3. The summed E-state index contributed by atoms with van der Waals surface area (Å²) in [5.41, 5.74) is 3.26. The van der Waals surface area contributed by atoms with Crippen molar-refractivity contribution >= 4 is 11.6 Å². The van der Waals surface area contributed by atoms with Gasteiger partial charge in [-0.3, -0.25) is 0 Å². The largest absolute Gasteiger partial charge is 0.494 e. The van der Waals surface area contributed by atoms with Gasteiger partial charge in [-0.05, 0) is 86.0 Å². The highest BCUT2D eigenvalue weighted by atomic mass is 35.5. The first kappa shape index (κ1) is 19.2. The minimum Gasteiger partial charge on any atom is -0.494 e. The number of benzene rings is 1. The Morgan fingerprint density at radius 1 is 1.14 bits per heavy atom. The summed E-state index contributed by atoms with van der Waals surface area (Å²) < 4.78 is 18.6. The number of alkyl halides is 1. The number of aryl methyl sites for hydroxylation is 1. The fourth-order valence-electron chi connectivity index (χ4n) is 6.90. The van der Waals surface area contributed by atoms with Crippen molar-refractivity contribution in [2.24, 2.45) is 17.3 Å². The molecule has 0 N–H and O–H groups in total. The molecule has 5 rings (SSSR count). The second-order valence-electron chi connectivity index (χ2n) is 9.47. The van der Waals surface area contributed by atoms with Crippen molar-refractivity contribution in [1.82, 2.24) is 0 Å². The van der Waals surface area contributed by atoms with Crippen molar-refractivity contribution < 1.29 is 14.2 Å². The van der Waals surface area contributed by atoms with Crippen LogP contribution in [0.3, 0.4) is 0 Å². The standard InChI is InChI=1S/C24H33ClO3/c1-23-10-8-20-19-7-5-18(26-13-2-12-25)16-17(19)4-6-21(20)22(23)9-11-24(23)27-14-3-15-28-24/h5,7,16,20-22H,2-4,6,8-15H2,1H3/t20-,21-,22+,23+/m1/s1. The Morgan fingerprint density at radius 3 is 2.82 bits per heavy atom. The van der Waals surface area contributed by atoms with Crippen LogP contribution in [0, 0.1) is 17.3 Å². The van der Waals surface area contributed by atoms with Gasteiger partial charge in [-0.25, -0.2) is 0 Å². The van der Waals surface area contributed by atoms with Gasteiger partial charge in [0.1, 0.15) is 5.75 Å². The van der Waals surface area contributed by atoms with Crippen LogP contribution < -0.4 is 4.74 Å². The first-order chi connectivity index (χ1) is 13.7. The summed E-state index contributed by atoms with van der Waals surface area (Å²) in [5.74, 6) is 3.54. The van der Waals surface area contributed by atoms with Crippen molar-refractivity contribution in [2.75, 3.05) is 25.7 Å². The molecule has 0 unspecified atom stereocenters. The number of hydrogen-bond donors (Lipinski definition) is 0. The van der Waals surface area contributed by atoms with Gasteiger partial charge in [0.2, 0.25) is 0 Å². The monoisotopic (exact) mass is 404 g/mol. The Morgan fingerprint density at radius 2 is 2.00 bits per heavy atom. The smallest absolute Gasteiger partial charge is 0.173 e. The second kappa shape index (κ2) is 7.49. The molecule has 2 saturated carbocycles. The lowest BCUT2D eigenvalue weighted by Gasteiger charge is -2.55. The average Bonchev–Trinajstić information content (AvgIpc) is 3.00. The molecule has 1 aromatic rings. The maximum absolute atomic E-state index is 6.36. The summed E-state index contributed by atoms with van der Waals surface area (Å²) in [7, 11) is 0. The van der Waals surface area contributed by atoms with Crippen LogP contribution in [0.2, 0.25) is 0 Å². The van der Waals surface area contributed by atoms with E-state index in [-0.39, 0.29) is 11.2 Å². The average molecular weight is 405 g/mol. The van der Waals surface area contributed by atoms with Crippen molar-refractivity contribution in [1.29, 1.82) is 0 Å². The van der Waals surface area contributed by atoms with Crippen molar-refractivity contribution in [2.45, 2.75) is 70.0 Å². The highest BCUT2D eigenvalue weighted by Gasteiger charge is 2.64. The van der Waals surface area contributed by atoms with E-state index < -0.39 is 0 Å². The maximum atomic E-state index is 6.36. The van der Waals surface area contributed by atoms with E-state index in [1.165, 1.54) is 37.7 Å². The van der Waals surface area contributed by atoms with E-state index in [0.29, 0.717) is 18.4 Å². The molecular weight excluding hydrogens is 372 g/mol. The molecule has 0 aromatic heterocycles. The zero-order valence-electron chi connectivity index (χ0n) is 17.1. The zero-order chi connectivity index (χ0) is 19.2. The summed E-state index contributed by atoms with van der Waals surface area (Å²) in [4.78, 5) is 0. The first-order valence-corrected chi connectivity index (χ1v) is 11.8. The molecule has 1 spiro atoms. The van der Waals surface area contributed by atoms with E-state index in [0.717, 1.165) is 50.1 Å². The lowest BCUT2D eigenvalue weighted by molar-refractivity contribution is -0.320. The second-order valence-corrected chi connectivity index (χ2v) is 9.84. The molecule has 4 heteroatoms. The lowest BCUT2D eigenvalue weighted by Crippen LogP contribution is -2.55. The van der Waals surface area contributed by atoms with Crippen LogP contribution in [-0.2, 0) is 15.9 Å². The van der Waals surface area contributed by atoms with Crippen molar-refractivity contribution in [3.05, 3.63) is 29.3 Å². The molecule has 3 aliphatic carbocycles. The highest BCUT2D eigenvalue weighted by Crippen LogP contribution is 2.66. The number of rotatable bonds is 4. The summed E-state index contributed by atoms with van der Waals surface area (Å²) in [6, 6.07) is 6.81. The van der Waals surface area contributed by atoms with E-state index in [9.17, 15) is 0 Å². The topological polar surface area (TPSA) is 27.7 Å². The van der Waals surface area contributed by atoms with Gasteiger partial charge in [0.15, 0.2) is 5.79 Å². The summed E-state index contributed by atoms with van der Waals surface area (Å²) >= 11 is 5.77. The molecule has 1 heterocycles. The number of fused-ring (bicyclic) bond motifs is 6. The summed E-state index contributed by atoms with van der Waals surface area (Å²) in [6.07, 6.45) is 9.21. The van der Waals surface area contributed by atoms with Gasteiger partial charge in [0.05, 0.1) is 19.8 Å². The molecule has 28 heavy (non-hydrogen) atoms. The zero-order valence-corrected chi connectivity index (χ0v) is 17.8. The highest BCUT2D eigenvalue weighted by molar-refractivity contribution is 6.17. The molecule has 4 aliphatic rings. The van der Waals surface area contributed by atoms with Crippen molar-refractivity contribution in [3.8, 4) is 5.75 Å². The lowest BCUT2D eigenvalue weighted by atomic mass is 9.54. The van der Waals surface area contributed by atoms with Gasteiger partial charge in [-0.1, -0.05) is 13.0 Å². The van der Waals surface area contributed by atoms with Gasteiger partial charge in [-0.15, -0.1) is 11.6 Å². The Labute approximate surface area is 174 Å². The third kappa shape index (κ3) is 2.92. The molecule has 1 aliphatic heterocycles. The number of halogens is 1. The van der Waals surface area contributed by atoms with E-state index in [2.05, 4.69) is 25.1 Å². The maximum Gasteiger partial charge on any atom is 0.173 e. The molecule has 0 bridgehead atoms. The van der Waals surface area contributed by atoms with Gasteiger partial charge in [0, 0.05) is 17.7 Å². The van der Waals surface area contributed by atoms with E-state index in [4.69, 9.17) is 25.8 Å². The van der Waals surface area contributed by atoms with Crippen LogP contribution in [0.25, 0.3) is 0 Å². The van der Waals surface area contributed by atoms with Crippen LogP contribution in [0.4, 0.5) is 0 Å². The quantitative estimate of drug-likeness (QED) is 0.477. The Balaban J connectivity index is 1.37. The van der Waals surface area contributed by atoms with Gasteiger partial charge in [0.25, 0.3) is 0 Å². The fourth-order valence-corrected chi connectivity index (χ4v) is 7.01. The predicted octanol–water partition coefficient (Wildman–Crippen LogP) is 5.68. The fraction of sp³-hybridized carbons (Fsp3) is 0.750. The SMILES string of the molecule is C[C@]12CC[C@@H]3c4ccc(OCCCCl)cc4CC[C@H]3[C@@H]1CCC21OCCCO1. The minimum absolute atomic E-state index is 0.177. The number of hydrogen-bond acceptors (Lipinski definition) is 3. The summed E-state index contributed by atoms with van der Waals surface area (Å²) in [5, 5.41) is 0. The molecule has 0 amide bonds. The predicted molar refractivity (Wildman–Crippen MR) is 111 cm³/mol. The normalized spacial score (nSPS) is 35.9. The number of ether oxygens (including phenoxy) is 3. The van der Waals surface area contributed by atoms with Crippen LogP contribution in [-0.4, -0.2) is 31.5 Å². The van der Waals surface area contributed by atoms with E-state index >= 15 is 0 Å². The molecule has 1 aromatic carbocycles. The molecule has 3 fully saturated rings. The molecule has 154 valence electrons. The molecule has 3 nitrogen and oxygen atoms in total. The Kier molecular flexibility index (Phi) is 5.13. The third-order valence-electron chi connectivity index (χ3n) is 8.25. The molecule has 0 radical (unpaired) electrons. The van der Waals surface area contributed by atoms with E-state index in [1.807, 2.05) is 0 Å². The van der Waals surface area contributed by atoms with Crippen LogP contribution in [0.1, 0.15) is 68.9 Å². The van der Waals surface area contributed by atoms with E-state index in [1.54, 1.807) is 5.56 Å². The van der Waals surface area contributed by atoms with Crippen molar-refractivity contribution in [3.63, 3.8) is 0 Å². The van der Waals surface area contributed by atoms with Gasteiger partial charge >= 0.3 is 0 Å². The third-order valence-corrected chi connectivity index (χ3v) is 8.52. The summed E-state index contributed by atoms with van der Waals surface area (Å²) in [6.45, 7) is 4.91. The van der Waals surface area contributed by atoms with Crippen LogP contribution in [0.5, 0.6) is 5.75 Å². The Bertz CT molecular complexity index is 714. The molecular formula is C24H33ClO3. The molecule has 1 saturated heterocycles. The molecule has 4 atom stereocenters.